The van der Waals surface area contributed by atoms with Crippen molar-refractivity contribution in [1.82, 2.24) is 20.0 Å². The number of rotatable bonds is 4. The lowest BCUT2D eigenvalue weighted by Crippen LogP contribution is -2.05. The zero-order valence-corrected chi connectivity index (χ0v) is 15.4. The van der Waals surface area contributed by atoms with Gasteiger partial charge in [-0.3, -0.25) is 9.78 Å². The van der Waals surface area contributed by atoms with E-state index in [9.17, 15) is 10.2 Å². The van der Waals surface area contributed by atoms with Gasteiger partial charge in [0.05, 0.1) is 17.9 Å². The van der Waals surface area contributed by atoms with Crippen molar-refractivity contribution in [1.29, 1.82) is 0 Å². The van der Waals surface area contributed by atoms with Crippen molar-refractivity contribution in [2.24, 2.45) is 0 Å². The third kappa shape index (κ3) is 2.75. The Hall–Kier alpha value is -2.76. The summed E-state index contributed by atoms with van der Waals surface area (Å²) in [6.07, 6.45) is 3.95. The van der Waals surface area contributed by atoms with Crippen LogP contribution < -0.4 is 0 Å². The maximum Gasteiger partial charge on any atom is 0.230 e. The summed E-state index contributed by atoms with van der Waals surface area (Å²) >= 11 is 0. The van der Waals surface area contributed by atoms with Crippen molar-refractivity contribution in [3.63, 3.8) is 0 Å². The molecule has 136 valence electrons. The summed E-state index contributed by atoms with van der Waals surface area (Å²) in [6, 6.07) is 3.75. The fourth-order valence-electron chi connectivity index (χ4n) is 4.10. The van der Waals surface area contributed by atoms with E-state index in [0.717, 1.165) is 53.9 Å². The summed E-state index contributed by atoms with van der Waals surface area (Å²) in [5.74, 6) is 0.473. The first-order chi connectivity index (χ1) is 12.4. The number of phenolic OH excluding ortho intramolecular Hbond substituents is 1. The quantitative estimate of drug-likeness (QED) is 0.673. The van der Waals surface area contributed by atoms with Crippen molar-refractivity contribution in [3.05, 3.63) is 57.0 Å². The highest BCUT2D eigenvalue weighted by atomic mass is 16.3. The molecule has 0 aliphatic heterocycles. The number of benzene rings is 1. The van der Waals surface area contributed by atoms with Gasteiger partial charge in [0.2, 0.25) is 5.88 Å². The highest BCUT2D eigenvalue weighted by molar-refractivity contribution is 5.53. The molecule has 0 unspecified atom stereocenters. The molecule has 0 fully saturated rings. The minimum absolute atomic E-state index is 0.00288. The van der Waals surface area contributed by atoms with Crippen LogP contribution in [0.2, 0.25) is 0 Å². The summed E-state index contributed by atoms with van der Waals surface area (Å²) in [4.78, 5) is 0. The number of aromatic amines is 1. The van der Waals surface area contributed by atoms with Gasteiger partial charge in [-0.15, -0.1) is 5.10 Å². The predicted octanol–water partition coefficient (Wildman–Crippen LogP) is 3.07. The van der Waals surface area contributed by atoms with Gasteiger partial charge < -0.3 is 10.2 Å². The molecule has 0 bridgehead atoms. The first-order valence-electron chi connectivity index (χ1n) is 9.03. The molecule has 1 aromatic carbocycles. The van der Waals surface area contributed by atoms with Gasteiger partial charge in [-0.05, 0) is 62.3 Å². The van der Waals surface area contributed by atoms with Crippen molar-refractivity contribution < 1.29 is 10.2 Å². The number of H-pyrrole nitrogens is 1. The molecule has 3 aromatic rings. The van der Waals surface area contributed by atoms with Crippen molar-refractivity contribution >= 4 is 0 Å². The second-order valence-electron chi connectivity index (χ2n) is 7.25. The summed E-state index contributed by atoms with van der Waals surface area (Å²) < 4.78 is 1.95. The van der Waals surface area contributed by atoms with E-state index in [1.54, 1.807) is 6.07 Å². The number of hydrogen-bond donors (Lipinski definition) is 3. The molecule has 0 atom stereocenters. The van der Waals surface area contributed by atoms with Gasteiger partial charge in [0.1, 0.15) is 5.75 Å². The van der Waals surface area contributed by atoms with Crippen molar-refractivity contribution in [2.75, 3.05) is 0 Å². The number of aromatic nitrogens is 4. The minimum Gasteiger partial charge on any atom is -0.507 e. The molecule has 1 aliphatic rings. The first-order valence-corrected chi connectivity index (χ1v) is 9.03. The number of nitrogens with zero attached hydrogens (tertiary/aromatic N) is 3. The van der Waals surface area contributed by atoms with Crippen LogP contribution in [0.15, 0.2) is 12.1 Å². The lowest BCUT2D eigenvalue weighted by Gasteiger charge is -2.13. The van der Waals surface area contributed by atoms with Gasteiger partial charge in [-0.2, -0.15) is 5.10 Å². The summed E-state index contributed by atoms with van der Waals surface area (Å²) in [5.41, 5.74) is 8.90. The second kappa shape index (κ2) is 6.20. The van der Waals surface area contributed by atoms with Crippen molar-refractivity contribution in [3.8, 4) is 11.6 Å². The Labute approximate surface area is 152 Å². The molecule has 2 heterocycles. The van der Waals surface area contributed by atoms with Gasteiger partial charge in [-0.1, -0.05) is 6.07 Å². The number of phenols is 1. The third-order valence-electron chi connectivity index (χ3n) is 5.49. The Morgan fingerprint density at radius 1 is 1.12 bits per heavy atom. The minimum atomic E-state index is -0.00288. The van der Waals surface area contributed by atoms with E-state index in [2.05, 4.69) is 28.3 Å². The van der Waals surface area contributed by atoms with Gasteiger partial charge >= 0.3 is 0 Å². The SMILES string of the molecule is Cc1cc(Cc2c(C)nn(Cc3cc(O)n[nH]3)c2C)c2c(c1O)CCC2. The fourth-order valence-corrected chi connectivity index (χ4v) is 4.10. The van der Waals surface area contributed by atoms with Crippen LogP contribution >= 0.6 is 0 Å². The van der Waals surface area contributed by atoms with Gasteiger partial charge in [0.25, 0.3) is 0 Å². The second-order valence-corrected chi connectivity index (χ2v) is 7.25. The molecular weight excluding hydrogens is 328 g/mol. The molecular formula is C20H24N4O2. The molecule has 6 nitrogen and oxygen atoms in total. The van der Waals surface area contributed by atoms with E-state index in [4.69, 9.17) is 0 Å². The summed E-state index contributed by atoms with van der Waals surface area (Å²) in [5, 5.41) is 31.0. The highest BCUT2D eigenvalue weighted by Crippen LogP contribution is 2.36. The lowest BCUT2D eigenvalue weighted by atomic mass is 9.93. The summed E-state index contributed by atoms with van der Waals surface area (Å²) in [6.45, 7) is 6.65. The summed E-state index contributed by atoms with van der Waals surface area (Å²) in [7, 11) is 0. The predicted molar refractivity (Wildman–Crippen MR) is 98.7 cm³/mol. The van der Waals surface area contributed by atoms with Crippen LogP contribution in [-0.2, 0) is 25.8 Å². The Kier molecular flexibility index (Phi) is 3.98. The largest absolute Gasteiger partial charge is 0.507 e. The molecule has 0 spiro atoms. The molecule has 0 saturated carbocycles. The van der Waals surface area contributed by atoms with Crippen LogP contribution in [0.3, 0.4) is 0 Å². The zero-order chi connectivity index (χ0) is 18.4. The van der Waals surface area contributed by atoms with E-state index in [1.807, 2.05) is 18.5 Å². The van der Waals surface area contributed by atoms with E-state index >= 15 is 0 Å². The molecule has 26 heavy (non-hydrogen) atoms. The van der Waals surface area contributed by atoms with Crippen LogP contribution in [0, 0.1) is 20.8 Å². The maximum atomic E-state index is 10.3. The standard InChI is InChI=1S/C20H24N4O2/c1-11-7-14(16-5-4-6-17(16)20(11)26)8-18-12(2)23-24(13(18)3)10-15-9-19(25)22-21-15/h7,9,26H,4-6,8,10H2,1-3H3,(H2,21,22,25). The number of aryl methyl sites for hydroxylation is 2. The van der Waals surface area contributed by atoms with E-state index < -0.39 is 0 Å². The highest BCUT2D eigenvalue weighted by Gasteiger charge is 2.22. The Bertz CT molecular complexity index is 984. The molecule has 0 radical (unpaired) electrons. The number of fused-ring (bicyclic) bond motifs is 1. The van der Waals surface area contributed by atoms with Crippen LogP contribution in [0.5, 0.6) is 11.6 Å². The molecule has 1 aliphatic carbocycles. The number of aromatic hydroxyl groups is 2. The molecule has 6 heteroatoms. The van der Waals surface area contributed by atoms with Gasteiger partial charge in [0.15, 0.2) is 0 Å². The first kappa shape index (κ1) is 16.7. The average molecular weight is 352 g/mol. The average Bonchev–Trinajstić information content (AvgIpc) is 3.29. The normalized spacial score (nSPS) is 13.3. The maximum absolute atomic E-state index is 10.3. The monoisotopic (exact) mass is 352 g/mol. The Morgan fingerprint density at radius 3 is 2.62 bits per heavy atom. The Morgan fingerprint density at radius 2 is 1.88 bits per heavy atom. The van der Waals surface area contributed by atoms with Crippen LogP contribution in [0.1, 0.15) is 51.3 Å². The van der Waals surface area contributed by atoms with Crippen LogP contribution in [0.4, 0.5) is 0 Å². The fraction of sp³-hybridized carbons (Fsp3) is 0.400. The van der Waals surface area contributed by atoms with E-state index in [1.165, 1.54) is 16.7 Å². The smallest absolute Gasteiger partial charge is 0.230 e. The van der Waals surface area contributed by atoms with Gasteiger partial charge in [-0.25, -0.2) is 0 Å². The molecule has 0 amide bonds. The third-order valence-corrected chi connectivity index (χ3v) is 5.49. The van der Waals surface area contributed by atoms with Crippen molar-refractivity contribution in [2.45, 2.75) is 53.0 Å². The topological polar surface area (TPSA) is 87.0 Å². The van der Waals surface area contributed by atoms with E-state index in [0.29, 0.717) is 12.3 Å². The Balaban J connectivity index is 1.68. The van der Waals surface area contributed by atoms with Crippen LogP contribution in [0.25, 0.3) is 0 Å². The lowest BCUT2D eigenvalue weighted by molar-refractivity contribution is 0.452. The zero-order valence-electron chi connectivity index (χ0n) is 15.4. The molecule has 2 aromatic heterocycles. The van der Waals surface area contributed by atoms with E-state index in [-0.39, 0.29) is 5.88 Å². The number of hydrogen-bond acceptors (Lipinski definition) is 4. The molecule has 0 saturated heterocycles. The molecule has 3 N–H and O–H groups in total. The van der Waals surface area contributed by atoms with Crippen LogP contribution in [-0.4, -0.2) is 30.2 Å². The number of nitrogens with one attached hydrogen (secondary N) is 1. The van der Waals surface area contributed by atoms with Gasteiger partial charge in [0, 0.05) is 23.7 Å². The molecule has 4 rings (SSSR count).